The van der Waals surface area contributed by atoms with Crippen LogP contribution in [0.1, 0.15) is 31.1 Å². The zero-order chi connectivity index (χ0) is 17.5. The van der Waals surface area contributed by atoms with E-state index in [0.29, 0.717) is 6.42 Å². The Morgan fingerprint density at radius 3 is 2.83 bits per heavy atom. The fourth-order valence-electron chi connectivity index (χ4n) is 3.71. The van der Waals surface area contributed by atoms with Gasteiger partial charge in [0.25, 0.3) is 10.0 Å². The molecular weight excluding hydrogens is 352 g/mol. The van der Waals surface area contributed by atoms with Crippen LogP contribution in [0.15, 0.2) is 16.3 Å². The van der Waals surface area contributed by atoms with Crippen LogP contribution in [0.4, 0.5) is 0 Å². The number of nitrogens with zero attached hydrogens (tertiary/aromatic N) is 1. The summed E-state index contributed by atoms with van der Waals surface area (Å²) in [7, 11) is -3.69. The molecule has 2 atom stereocenters. The molecule has 0 spiro atoms. The number of thiophene rings is 1. The van der Waals surface area contributed by atoms with Gasteiger partial charge in [0.15, 0.2) is 0 Å². The van der Waals surface area contributed by atoms with Gasteiger partial charge in [-0.05, 0) is 30.9 Å². The van der Waals surface area contributed by atoms with Crippen LogP contribution >= 0.6 is 11.3 Å². The molecular formula is C15H20N2O5S2. The van der Waals surface area contributed by atoms with Gasteiger partial charge in [-0.3, -0.25) is 9.59 Å². The summed E-state index contributed by atoms with van der Waals surface area (Å²) in [5.41, 5.74) is -0.927. The zero-order valence-corrected chi connectivity index (χ0v) is 15.0. The monoisotopic (exact) mass is 372 g/mol. The number of amides is 1. The minimum Gasteiger partial charge on any atom is -0.481 e. The van der Waals surface area contributed by atoms with Crippen molar-refractivity contribution >= 4 is 33.2 Å². The third kappa shape index (κ3) is 2.84. The first-order valence-electron chi connectivity index (χ1n) is 7.82. The van der Waals surface area contributed by atoms with E-state index in [4.69, 9.17) is 0 Å². The van der Waals surface area contributed by atoms with Crippen molar-refractivity contribution in [1.82, 2.24) is 9.62 Å². The van der Waals surface area contributed by atoms with Crippen LogP contribution in [0.3, 0.4) is 0 Å². The molecule has 0 unspecified atom stereocenters. The highest BCUT2D eigenvalue weighted by Gasteiger charge is 2.57. The number of hydrogen-bond donors (Lipinski definition) is 2. The van der Waals surface area contributed by atoms with Crippen LogP contribution < -0.4 is 5.32 Å². The highest BCUT2D eigenvalue weighted by atomic mass is 32.2. The number of carbonyl (C=O) groups excluding carboxylic acids is 1. The van der Waals surface area contributed by atoms with E-state index in [1.807, 2.05) is 0 Å². The van der Waals surface area contributed by atoms with Crippen molar-refractivity contribution < 1.29 is 23.1 Å². The van der Waals surface area contributed by atoms with Gasteiger partial charge in [-0.2, -0.15) is 4.31 Å². The van der Waals surface area contributed by atoms with Gasteiger partial charge in [-0.25, -0.2) is 8.42 Å². The van der Waals surface area contributed by atoms with E-state index in [9.17, 15) is 23.1 Å². The standard InChI is InChI=1S/C15H20N2O5S2/c1-10(18)16-7-12-4-5-13(23-12)24(21,22)17-8-11-3-2-6-15(11,9-17)14(19)20/h4-5,11H,2-3,6-9H2,1H3,(H,16,18)(H,19,20)/t11-,15+/m0/s1. The lowest BCUT2D eigenvalue weighted by Crippen LogP contribution is -2.37. The number of carboxylic acids is 1. The van der Waals surface area contributed by atoms with Crippen molar-refractivity contribution in [2.24, 2.45) is 11.3 Å². The summed E-state index contributed by atoms with van der Waals surface area (Å²) in [5, 5.41) is 12.2. The minimum atomic E-state index is -3.69. The second-order valence-electron chi connectivity index (χ2n) is 6.48. The summed E-state index contributed by atoms with van der Waals surface area (Å²) in [5.74, 6) is -1.17. The molecule has 7 nitrogen and oxygen atoms in total. The molecule has 1 saturated heterocycles. The highest BCUT2D eigenvalue weighted by Crippen LogP contribution is 2.50. The second-order valence-corrected chi connectivity index (χ2v) is 9.81. The van der Waals surface area contributed by atoms with Crippen LogP contribution in [-0.4, -0.2) is 42.8 Å². The second kappa shape index (κ2) is 6.12. The van der Waals surface area contributed by atoms with Crippen LogP contribution in [0, 0.1) is 11.3 Å². The molecule has 0 bridgehead atoms. The van der Waals surface area contributed by atoms with E-state index in [0.717, 1.165) is 29.1 Å². The Hall–Kier alpha value is -1.45. The molecule has 2 heterocycles. The van der Waals surface area contributed by atoms with E-state index in [2.05, 4.69) is 5.32 Å². The molecule has 24 heavy (non-hydrogen) atoms. The summed E-state index contributed by atoms with van der Waals surface area (Å²) in [6.45, 7) is 2.01. The zero-order valence-electron chi connectivity index (χ0n) is 13.3. The maximum Gasteiger partial charge on any atom is 0.311 e. The van der Waals surface area contributed by atoms with Gasteiger partial charge >= 0.3 is 5.97 Å². The molecule has 9 heteroatoms. The third-order valence-electron chi connectivity index (χ3n) is 5.01. The number of sulfonamides is 1. The number of nitrogens with one attached hydrogen (secondary N) is 1. The van der Waals surface area contributed by atoms with Gasteiger partial charge in [-0.1, -0.05) is 6.42 Å². The van der Waals surface area contributed by atoms with E-state index in [1.165, 1.54) is 17.3 Å². The number of rotatable bonds is 5. The Bertz CT molecular complexity index is 773. The quantitative estimate of drug-likeness (QED) is 0.810. The Kier molecular flexibility index (Phi) is 4.43. The fraction of sp³-hybridized carbons (Fsp3) is 0.600. The average molecular weight is 372 g/mol. The summed E-state index contributed by atoms with van der Waals surface area (Å²) in [4.78, 5) is 23.4. The summed E-state index contributed by atoms with van der Waals surface area (Å²) in [6, 6.07) is 3.20. The van der Waals surface area contributed by atoms with Crippen LogP contribution in [0.25, 0.3) is 0 Å². The van der Waals surface area contributed by atoms with Gasteiger partial charge < -0.3 is 10.4 Å². The molecule has 1 aromatic heterocycles. The summed E-state index contributed by atoms with van der Waals surface area (Å²) in [6.07, 6.45) is 2.14. The molecule has 1 aliphatic heterocycles. The average Bonchev–Trinajstić information content (AvgIpc) is 3.18. The van der Waals surface area contributed by atoms with E-state index >= 15 is 0 Å². The number of carbonyl (C=O) groups is 2. The predicted octanol–water partition coefficient (Wildman–Crippen LogP) is 1.26. The molecule has 2 aliphatic rings. The lowest BCUT2D eigenvalue weighted by atomic mass is 9.81. The van der Waals surface area contributed by atoms with Crippen molar-refractivity contribution in [1.29, 1.82) is 0 Å². The number of fused-ring (bicyclic) bond motifs is 1. The van der Waals surface area contributed by atoms with Crippen molar-refractivity contribution in [2.45, 2.75) is 36.9 Å². The molecule has 2 fully saturated rings. The van der Waals surface area contributed by atoms with Gasteiger partial charge in [0.1, 0.15) is 4.21 Å². The lowest BCUT2D eigenvalue weighted by molar-refractivity contribution is -0.149. The first-order valence-corrected chi connectivity index (χ1v) is 10.1. The molecule has 132 valence electrons. The molecule has 0 radical (unpaired) electrons. The normalized spacial score (nSPS) is 27.1. The van der Waals surface area contributed by atoms with Gasteiger partial charge in [0, 0.05) is 24.9 Å². The van der Waals surface area contributed by atoms with Crippen molar-refractivity contribution in [2.75, 3.05) is 13.1 Å². The van der Waals surface area contributed by atoms with E-state index in [-0.39, 0.29) is 35.7 Å². The molecule has 0 aromatic carbocycles. The van der Waals surface area contributed by atoms with Gasteiger partial charge in [0.05, 0.1) is 12.0 Å². The van der Waals surface area contributed by atoms with Gasteiger partial charge in [0.2, 0.25) is 5.91 Å². The van der Waals surface area contributed by atoms with Crippen molar-refractivity contribution in [3.63, 3.8) is 0 Å². The molecule has 2 N–H and O–H groups in total. The van der Waals surface area contributed by atoms with Crippen LogP contribution in [0.5, 0.6) is 0 Å². The summed E-state index contributed by atoms with van der Waals surface area (Å²) >= 11 is 1.11. The Morgan fingerprint density at radius 1 is 1.46 bits per heavy atom. The SMILES string of the molecule is CC(=O)NCc1ccc(S(=O)(=O)N2C[C@@H]3CCC[C@@]3(C(=O)O)C2)s1. The summed E-state index contributed by atoms with van der Waals surface area (Å²) < 4.78 is 27.2. The predicted molar refractivity (Wildman–Crippen MR) is 88.0 cm³/mol. The molecule has 1 aliphatic carbocycles. The third-order valence-corrected chi connectivity index (χ3v) is 8.37. The van der Waals surface area contributed by atoms with E-state index in [1.54, 1.807) is 6.07 Å². The minimum absolute atomic E-state index is 0.0499. The topological polar surface area (TPSA) is 104 Å². The molecule has 1 aromatic rings. The number of hydrogen-bond acceptors (Lipinski definition) is 5. The van der Waals surface area contributed by atoms with Crippen molar-refractivity contribution in [3.8, 4) is 0 Å². The lowest BCUT2D eigenvalue weighted by Gasteiger charge is -2.23. The van der Waals surface area contributed by atoms with Crippen molar-refractivity contribution in [3.05, 3.63) is 17.0 Å². The van der Waals surface area contributed by atoms with Gasteiger partial charge in [-0.15, -0.1) is 11.3 Å². The highest BCUT2D eigenvalue weighted by molar-refractivity contribution is 7.91. The smallest absolute Gasteiger partial charge is 0.311 e. The van der Waals surface area contributed by atoms with E-state index < -0.39 is 21.4 Å². The van der Waals surface area contributed by atoms with Crippen LogP contribution in [-0.2, 0) is 26.2 Å². The first-order chi connectivity index (χ1) is 11.3. The Labute approximate surface area is 144 Å². The molecule has 1 saturated carbocycles. The molecule has 1 amide bonds. The fourth-order valence-corrected chi connectivity index (χ4v) is 6.71. The van der Waals surface area contributed by atoms with Crippen LogP contribution in [0.2, 0.25) is 0 Å². The molecule has 3 rings (SSSR count). The first kappa shape index (κ1) is 17.4. The Morgan fingerprint density at radius 2 is 2.21 bits per heavy atom. The largest absolute Gasteiger partial charge is 0.481 e. The maximum absolute atomic E-state index is 12.8. The number of aliphatic carboxylic acids is 1. The maximum atomic E-state index is 12.8. The number of carboxylic acid groups (broad SMARTS) is 1. The Balaban J connectivity index is 1.79.